The number of hydrogen-bond acceptors (Lipinski definition) is 4. The highest BCUT2D eigenvalue weighted by Gasteiger charge is 2.35. The number of benzene rings is 3. The van der Waals surface area contributed by atoms with Crippen LogP contribution in [-0.2, 0) is 27.4 Å². The molecule has 0 aromatic heterocycles. The van der Waals surface area contributed by atoms with Gasteiger partial charge in [0.05, 0.1) is 6.42 Å². The third-order valence-electron chi connectivity index (χ3n) is 5.80. The molecule has 7 nitrogen and oxygen atoms in total. The zero-order chi connectivity index (χ0) is 26.0. The summed E-state index contributed by atoms with van der Waals surface area (Å²) in [5, 5.41) is 8.47. The minimum absolute atomic E-state index is 0.0982. The summed E-state index contributed by atoms with van der Waals surface area (Å²) >= 11 is 0. The van der Waals surface area contributed by atoms with E-state index in [1.807, 2.05) is 68.4 Å². The lowest BCUT2D eigenvalue weighted by molar-refractivity contribution is -0.154. The van der Waals surface area contributed by atoms with Crippen LogP contribution in [0.25, 0.3) is 0 Å². The third-order valence-corrected chi connectivity index (χ3v) is 5.80. The van der Waals surface area contributed by atoms with Crippen LogP contribution in [0.1, 0.15) is 43.4 Å². The van der Waals surface area contributed by atoms with E-state index in [1.165, 1.54) is 0 Å². The second kappa shape index (κ2) is 12.5. The van der Waals surface area contributed by atoms with Crippen LogP contribution in [0, 0.1) is 6.92 Å². The summed E-state index contributed by atoms with van der Waals surface area (Å²) < 4.78 is 5.50. The van der Waals surface area contributed by atoms with E-state index in [0.29, 0.717) is 18.5 Å². The average molecular weight is 488 g/mol. The van der Waals surface area contributed by atoms with Crippen molar-refractivity contribution in [1.82, 2.24) is 5.32 Å². The zero-order valence-electron chi connectivity index (χ0n) is 21.0. The number of carbonyl (C=O) groups is 3. The molecule has 36 heavy (non-hydrogen) atoms. The predicted molar refractivity (Wildman–Crippen MR) is 142 cm³/mol. The summed E-state index contributed by atoms with van der Waals surface area (Å²) in [6, 6.07) is 23.6. The van der Waals surface area contributed by atoms with Crippen molar-refractivity contribution in [3.8, 4) is 0 Å². The Morgan fingerprint density at radius 2 is 1.50 bits per heavy atom. The van der Waals surface area contributed by atoms with Crippen LogP contribution < -0.4 is 16.0 Å². The van der Waals surface area contributed by atoms with Crippen molar-refractivity contribution >= 4 is 29.3 Å². The summed E-state index contributed by atoms with van der Waals surface area (Å²) in [6.07, 6.45) is 1.27. The Morgan fingerprint density at radius 1 is 0.833 bits per heavy atom. The Balaban J connectivity index is 1.54. The number of rotatable bonds is 10. The van der Waals surface area contributed by atoms with Crippen molar-refractivity contribution in [3.05, 3.63) is 95.6 Å². The molecular formula is C29H33N3O4. The normalized spacial score (nSPS) is 12.2. The molecule has 0 radical (unpaired) electrons. The summed E-state index contributed by atoms with van der Waals surface area (Å²) in [6.45, 7) is 5.72. The number of aryl methyl sites for hydroxylation is 1. The van der Waals surface area contributed by atoms with E-state index in [-0.39, 0.29) is 25.0 Å². The van der Waals surface area contributed by atoms with Crippen LogP contribution in [0.15, 0.2) is 78.9 Å². The van der Waals surface area contributed by atoms with Gasteiger partial charge in [-0.1, -0.05) is 74.0 Å². The third kappa shape index (κ3) is 7.70. The van der Waals surface area contributed by atoms with E-state index < -0.39 is 11.5 Å². The van der Waals surface area contributed by atoms with Crippen LogP contribution in [0.2, 0.25) is 0 Å². The molecule has 3 N–H and O–H groups in total. The number of esters is 1. The first kappa shape index (κ1) is 26.5. The van der Waals surface area contributed by atoms with E-state index >= 15 is 0 Å². The maximum atomic E-state index is 12.8. The molecule has 0 fully saturated rings. The fourth-order valence-corrected chi connectivity index (χ4v) is 3.84. The van der Waals surface area contributed by atoms with Gasteiger partial charge in [0.2, 0.25) is 5.91 Å². The number of hydrogen-bond donors (Lipinski definition) is 3. The van der Waals surface area contributed by atoms with Crippen molar-refractivity contribution in [3.63, 3.8) is 0 Å². The van der Waals surface area contributed by atoms with Gasteiger partial charge in [-0.25, -0.2) is 9.59 Å². The molecule has 3 aromatic carbocycles. The lowest BCUT2D eigenvalue weighted by atomic mass is 9.95. The molecule has 0 saturated carbocycles. The Hall–Kier alpha value is -4.13. The number of ether oxygens (including phenoxy) is 1. The highest BCUT2D eigenvalue weighted by molar-refractivity contribution is 6.00. The topological polar surface area (TPSA) is 96.5 Å². The van der Waals surface area contributed by atoms with E-state index in [0.717, 1.165) is 22.4 Å². The molecule has 1 atom stereocenters. The molecular weight excluding hydrogens is 454 g/mol. The fraction of sp³-hybridized carbons (Fsp3) is 0.276. The molecule has 0 aliphatic carbocycles. The first-order valence-electron chi connectivity index (χ1n) is 12.0. The van der Waals surface area contributed by atoms with Crippen molar-refractivity contribution in [2.75, 3.05) is 10.6 Å². The SMILES string of the molecule is CCCC(C)(NC(=O)Cc1ccc(NC(=O)Nc2ccccc2C)cc1)C(=O)OCc1ccccc1. The van der Waals surface area contributed by atoms with Gasteiger partial charge in [0.15, 0.2) is 0 Å². The van der Waals surface area contributed by atoms with Crippen molar-refractivity contribution in [1.29, 1.82) is 0 Å². The van der Waals surface area contributed by atoms with Gasteiger partial charge >= 0.3 is 12.0 Å². The van der Waals surface area contributed by atoms with Gasteiger partial charge in [-0.2, -0.15) is 0 Å². The Bertz CT molecular complexity index is 1180. The molecule has 0 heterocycles. The van der Waals surface area contributed by atoms with Crippen LogP contribution in [-0.4, -0.2) is 23.4 Å². The lowest BCUT2D eigenvalue weighted by Crippen LogP contribution is -2.53. The fourth-order valence-electron chi connectivity index (χ4n) is 3.84. The van der Waals surface area contributed by atoms with Gasteiger partial charge in [-0.15, -0.1) is 0 Å². The number of urea groups is 1. The van der Waals surface area contributed by atoms with Crippen molar-refractivity contribution in [2.24, 2.45) is 0 Å². The van der Waals surface area contributed by atoms with Gasteiger partial charge in [0, 0.05) is 11.4 Å². The maximum Gasteiger partial charge on any atom is 0.331 e. The van der Waals surface area contributed by atoms with Crippen LogP contribution >= 0.6 is 0 Å². The molecule has 3 amide bonds. The van der Waals surface area contributed by atoms with Gasteiger partial charge in [-0.3, -0.25) is 4.79 Å². The Labute approximate surface area is 212 Å². The highest BCUT2D eigenvalue weighted by Crippen LogP contribution is 2.18. The van der Waals surface area contributed by atoms with Crippen molar-refractivity contribution < 1.29 is 19.1 Å². The summed E-state index contributed by atoms with van der Waals surface area (Å²) in [5.74, 6) is -0.735. The standard InChI is InChI=1S/C29H33N3O4/c1-4-18-29(3,27(34)36-20-23-11-6-5-7-12-23)32-26(33)19-22-14-16-24(17-15-22)30-28(35)31-25-13-9-8-10-21(25)2/h5-17H,4,18-20H2,1-3H3,(H,32,33)(H2,30,31,35). The molecule has 7 heteroatoms. The Kier molecular flexibility index (Phi) is 9.22. The van der Waals surface area contributed by atoms with Crippen molar-refractivity contribution in [2.45, 2.75) is 52.2 Å². The minimum atomic E-state index is -1.12. The summed E-state index contributed by atoms with van der Waals surface area (Å²) in [4.78, 5) is 37.9. The zero-order valence-corrected chi connectivity index (χ0v) is 21.0. The Morgan fingerprint density at radius 3 is 2.17 bits per heavy atom. The van der Waals surface area contributed by atoms with E-state index in [9.17, 15) is 14.4 Å². The average Bonchev–Trinajstić information content (AvgIpc) is 2.86. The summed E-state index contributed by atoms with van der Waals surface area (Å²) in [7, 11) is 0. The molecule has 1 unspecified atom stereocenters. The smallest absolute Gasteiger partial charge is 0.331 e. The number of nitrogens with one attached hydrogen (secondary N) is 3. The molecule has 0 aliphatic heterocycles. The summed E-state index contributed by atoms with van der Waals surface area (Å²) in [5.41, 5.74) is 2.83. The molecule has 0 saturated heterocycles. The van der Waals surface area contributed by atoms with Crippen LogP contribution in [0.5, 0.6) is 0 Å². The quantitative estimate of drug-likeness (QED) is 0.324. The molecule has 3 rings (SSSR count). The monoisotopic (exact) mass is 487 g/mol. The van der Waals surface area contributed by atoms with E-state index in [1.54, 1.807) is 31.2 Å². The lowest BCUT2D eigenvalue weighted by Gasteiger charge is -2.28. The van der Waals surface area contributed by atoms with E-state index in [4.69, 9.17) is 4.74 Å². The molecule has 3 aromatic rings. The molecule has 0 spiro atoms. The van der Waals surface area contributed by atoms with Gasteiger partial charge in [0.1, 0.15) is 12.1 Å². The number of carbonyl (C=O) groups excluding carboxylic acids is 3. The van der Waals surface area contributed by atoms with E-state index in [2.05, 4.69) is 16.0 Å². The highest BCUT2D eigenvalue weighted by atomic mass is 16.5. The first-order chi connectivity index (χ1) is 17.3. The molecule has 0 aliphatic rings. The van der Waals surface area contributed by atoms with Crippen LogP contribution in [0.4, 0.5) is 16.2 Å². The van der Waals surface area contributed by atoms with Gasteiger partial charge < -0.3 is 20.7 Å². The minimum Gasteiger partial charge on any atom is -0.459 e. The van der Waals surface area contributed by atoms with Gasteiger partial charge in [0.25, 0.3) is 0 Å². The first-order valence-corrected chi connectivity index (χ1v) is 12.0. The molecule has 0 bridgehead atoms. The molecule has 188 valence electrons. The number of anilines is 2. The second-order valence-electron chi connectivity index (χ2n) is 8.96. The van der Waals surface area contributed by atoms with Crippen LogP contribution in [0.3, 0.4) is 0 Å². The largest absolute Gasteiger partial charge is 0.459 e. The number of amides is 3. The number of para-hydroxylation sites is 1. The van der Waals surface area contributed by atoms with Gasteiger partial charge in [-0.05, 0) is 55.2 Å². The maximum absolute atomic E-state index is 12.8. The predicted octanol–water partition coefficient (Wildman–Crippen LogP) is 5.60. The second-order valence-corrected chi connectivity index (χ2v) is 8.96.